The maximum atomic E-state index is 12.0. The second kappa shape index (κ2) is 5.64. The fourth-order valence-corrected chi connectivity index (χ4v) is 2.59. The number of ether oxygens (including phenoxy) is 1. The van der Waals surface area contributed by atoms with Crippen molar-refractivity contribution in [3.8, 4) is 0 Å². The molecule has 0 N–H and O–H groups in total. The SMILES string of the molecule is COCCC(C)C(=O)c1scc(C)c1Cl. The summed E-state index contributed by atoms with van der Waals surface area (Å²) in [6.45, 7) is 4.43. The van der Waals surface area contributed by atoms with Crippen LogP contribution in [0.4, 0.5) is 0 Å². The van der Waals surface area contributed by atoms with Gasteiger partial charge in [0, 0.05) is 19.6 Å². The van der Waals surface area contributed by atoms with Gasteiger partial charge in [0.15, 0.2) is 5.78 Å². The van der Waals surface area contributed by atoms with E-state index < -0.39 is 0 Å². The number of Topliss-reactive ketones (excluding diaryl/α,β-unsaturated/α-hetero) is 1. The van der Waals surface area contributed by atoms with Gasteiger partial charge in [0.25, 0.3) is 0 Å². The van der Waals surface area contributed by atoms with Gasteiger partial charge in [-0.2, -0.15) is 0 Å². The summed E-state index contributed by atoms with van der Waals surface area (Å²) >= 11 is 7.46. The van der Waals surface area contributed by atoms with Gasteiger partial charge in [-0.15, -0.1) is 11.3 Å². The van der Waals surface area contributed by atoms with Gasteiger partial charge in [-0.1, -0.05) is 18.5 Å². The van der Waals surface area contributed by atoms with Crippen molar-refractivity contribution in [3.05, 3.63) is 20.8 Å². The lowest BCUT2D eigenvalue weighted by Gasteiger charge is -2.08. The Labute approximate surface area is 99.2 Å². The van der Waals surface area contributed by atoms with Crippen LogP contribution in [0.2, 0.25) is 5.02 Å². The first-order valence-corrected chi connectivity index (χ1v) is 6.10. The minimum absolute atomic E-state index is 0.0273. The van der Waals surface area contributed by atoms with Crippen LogP contribution in [0.1, 0.15) is 28.6 Å². The van der Waals surface area contributed by atoms with E-state index in [9.17, 15) is 4.79 Å². The quantitative estimate of drug-likeness (QED) is 0.743. The maximum absolute atomic E-state index is 12.0. The molecule has 1 rings (SSSR count). The van der Waals surface area contributed by atoms with Gasteiger partial charge in [-0.05, 0) is 24.3 Å². The van der Waals surface area contributed by atoms with Crippen LogP contribution in [0.15, 0.2) is 5.38 Å². The van der Waals surface area contributed by atoms with Crippen molar-refractivity contribution in [2.45, 2.75) is 20.3 Å². The maximum Gasteiger partial charge on any atom is 0.177 e. The second-order valence-corrected chi connectivity index (χ2v) is 4.87. The van der Waals surface area contributed by atoms with Crippen LogP contribution in [0.25, 0.3) is 0 Å². The first kappa shape index (κ1) is 12.7. The predicted octanol–water partition coefficient (Wildman–Crippen LogP) is 3.57. The lowest BCUT2D eigenvalue weighted by molar-refractivity contribution is 0.0898. The van der Waals surface area contributed by atoms with Crippen LogP contribution in [0.5, 0.6) is 0 Å². The summed E-state index contributed by atoms with van der Waals surface area (Å²) in [7, 11) is 1.64. The molecule has 1 atom stereocenters. The van der Waals surface area contributed by atoms with E-state index in [-0.39, 0.29) is 11.7 Å². The van der Waals surface area contributed by atoms with Gasteiger partial charge >= 0.3 is 0 Å². The van der Waals surface area contributed by atoms with Gasteiger partial charge in [0.2, 0.25) is 0 Å². The van der Waals surface area contributed by atoms with E-state index in [1.165, 1.54) is 11.3 Å². The van der Waals surface area contributed by atoms with Gasteiger partial charge in [-0.3, -0.25) is 4.79 Å². The van der Waals surface area contributed by atoms with E-state index in [0.29, 0.717) is 16.5 Å². The van der Waals surface area contributed by atoms with Gasteiger partial charge in [-0.25, -0.2) is 0 Å². The molecule has 0 fully saturated rings. The summed E-state index contributed by atoms with van der Waals surface area (Å²) < 4.78 is 4.95. The molecule has 84 valence electrons. The summed E-state index contributed by atoms with van der Waals surface area (Å²) in [6.07, 6.45) is 0.739. The molecule has 0 saturated heterocycles. The zero-order valence-corrected chi connectivity index (χ0v) is 10.7. The van der Waals surface area contributed by atoms with Crippen molar-refractivity contribution >= 4 is 28.7 Å². The number of aryl methyl sites for hydroxylation is 1. The third kappa shape index (κ3) is 3.03. The molecule has 0 saturated carbocycles. The number of hydrogen-bond donors (Lipinski definition) is 0. The van der Waals surface area contributed by atoms with Gasteiger partial charge in [0.05, 0.1) is 9.90 Å². The Bertz CT molecular complexity index is 346. The van der Waals surface area contributed by atoms with Crippen molar-refractivity contribution in [2.75, 3.05) is 13.7 Å². The molecule has 0 aromatic carbocycles. The summed E-state index contributed by atoms with van der Waals surface area (Å²) in [6, 6.07) is 0. The summed E-state index contributed by atoms with van der Waals surface area (Å²) in [5.41, 5.74) is 0.976. The number of halogens is 1. The number of rotatable bonds is 5. The Morgan fingerprint density at radius 3 is 2.80 bits per heavy atom. The molecule has 0 aliphatic heterocycles. The van der Waals surface area contributed by atoms with Crippen LogP contribution in [0.3, 0.4) is 0 Å². The third-order valence-electron chi connectivity index (χ3n) is 2.33. The van der Waals surface area contributed by atoms with E-state index in [1.807, 2.05) is 19.2 Å². The van der Waals surface area contributed by atoms with E-state index in [0.717, 1.165) is 12.0 Å². The zero-order chi connectivity index (χ0) is 11.4. The minimum atomic E-state index is -0.0273. The molecule has 1 unspecified atom stereocenters. The average Bonchev–Trinajstić information content (AvgIpc) is 2.55. The Morgan fingerprint density at radius 1 is 1.67 bits per heavy atom. The average molecular weight is 247 g/mol. The van der Waals surface area contributed by atoms with Crippen molar-refractivity contribution in [1.82, 2.24) is 0 Å². The van der Waals surface area contributed by atoms with Crippen LogP contribution in [0, 0.1) is 12.8 Å². The summed E-state index contributed by atoms with van der Waals surface area (Å²) in [5.74, 6) is 0.0932. The van der Waals surface area contributed by atoms with Crippen molar-refractivity contribution in [3.63, 3.8) is 0 Å². The Hall–Kier alpha value is -0.380. The first-order chi connectivity index (χ1) is 7.07. The minimum Gasteiger partial charge on any atom is -0.385 e. The highest BCUT2D eigenvalue weighted by molar-refractivity contribution is 7.13. The first-order valence-electron chi connectivity index (χ1n) is 4.84. The number of thiophene rings is 1. The molecule has 0 aliphatic rings. The molecular weight excluding hydrogens is 232 g/mol. The van der Waals surface area contributed by atoms with E-state index in [4.69, 9.17) is 16.3 Å². The normalized spacial score (nSPS) is 12.8. The van der Waals surface area contributed by atoms with Gasteiger partial charge < -0.3 is 4.74 Å². The summed E-state index contributed by atoms with van der Waals surface area (Å²) in [4.78, 5) is 12.6. The molecule has 1 aromatic heterocycles. The molecule has 0 radical (unpaired) electrons. The van der Waals surface area contributed by atoms with E-state index in [1.54, 1.807) is 7.11 Å². The summed E-state index contributed by atoms with van der Waals surface area (Å²) in [5, 5.41) is 2.52. The zero-order valence-electron chi connectivity index (χ0n) is 9.17. The standard InChI is InChI=1S/C11H15ClO2S/c1-7(4-5-14-3)10(13)11-9(12)8(2)6-15-11/h6-7H,4-5H2,1-3H3. The largest absolute Gasteiger partial charge is 0.385 e. The molecule has 0 aliphatic carbocycles. The molecule has 15 heavy (non-hydrogen) atoms. The van der Waals surface area contributed by atoms with Crippen LogP contribution < -0.4 is 0 Å². The molecule has 1 aromatic rings. The highest BCUT2D eigenvalue weighted by atomic mass is 35.5. The fourth-order valence-electron chi connectivity index (χ4n) is 1.25. The molecule has 2 nitrogen and oxygen atoms in total. The van der Waals surface area contributed by atoms with Crippen LogP contribution in [-0.4, -0.2) is 19.5 Å². The Balaban J connectivity index is 2.72. The number of ketones is 1. The number of carbonyl (C=O) groups excluding carboxylic acids is 1. The lowest BCUT2D eigenvalue weighted by Crippen LogP contribution is -2.12. The number of methoxy groups -OCH3 is 1. The predicted molar refractivity (Wildman–Crippen MR) is 64.1 cm³/mol. The van der Waals surface area contributed by atoms with Crippen molar-refractivity contribution in [2.24, 2.45) is 5.92 Å². The van der Waals surface area contributed by atoms with Crippen LogP contribution >= 0.6 is 22.9 Å². The van der Waals surface area contributed by atoms with Crippen LogP contribution in [-0.2, 0) is 4.74 Å². The third-order valence-corrected chi connectivity index (χ3v) is 4.04. The van der Waals surface area contributed by atoms with Crippen molar-refractivity contribution < 1.29 is 9.53 Å². The monoisotopic (exact) mass is 246 g/mol. The molecular formula is C11H15ClO2S. The molecule has 0 bridgehead atoms. The molecule has 4 heteroatoms. The molecule has 0 amide bonds. The fraction of sp³-hybridized carbons (Fsp3) is 0.545. The number of carbonyl (C=O) groups is 1. The Morgan fingerprint density at radius 2 is 2.33 bits per heavy atom. The smallest absolute Gasteiger partial charge is 0.177 e. The molecule has 0 spiro atoms. The topological polar surface area (TPSA) is 26.3 Å². The highest BCUT2D eigenvalue weighted by Gasteiger charge is 2.20. The highest BCUT2D eigenvalue weighted by Crippen LogP contribution is 2.29. The van der Waals surface area contributed by atoms with E-state index >= 15 is 0 Å². The second-order valence-electron chi connectivity index (χ2n) is 3.61. The Kier molecular flexibility index (Phi) is 4.77. The van der Waals surface area contributed by atoms with Crippen molar-refractivity contribution in [1.29, 1.82) is 0 Å². The lowest BCUT2D eigenvalue weighted by atomic mass is 10.0. The molecule has 1 heterocycles. The number of hydrogen-bond acceptors (Lipinski definition) is 3. The van der Waals surface area contributed by atoms with E-state index in [2.05, 4.69) is 0 Å². The van der Waals surface area contributed by atoms with Gasteiger partial charge in [0.1, 0.15) is 0 Å².